The zero-order valence-corrected chi connectivity index (χ0v) is 11.7. The molecule has 102 valence electrons. The Hall–Kier alpha value is -0.160. The Bertz CT molecular complexity index is 206. The molecule has 4 heteroatoms. The lowest BCUT2D eigenvalue weighted by Crippen LogP contribution is -2.52. The molecule has 0 bridgehead atoms. The molecular weight excluding hydrogens is 212 g/mol. The smallest absolute Gasteiger partial charge is 0.0195 e. The third-order valence-corrected chi connectivity index (χ3v) is 3.62. The average Bonchev–Trinajstić information content (AvgIpc) is 2.24. The molecule has 0 spiro atoms. The molecule has 17 heavy (non-hydrogen) atoms. The maximum atomic E-state index is 5.81. The molecular formula is C13H30N4. The first-order chi connectivity index (χ1) is 7.99. The van der Waals surface area contributed by atoms with E-state index < -0.39 is 0 Å². The van der Waals surface area contributed by atoms with Crippen molar-refractivity contribution in [1.29, 1.82) is 0 Å². The minimum atomic E-state index is 0.318. The molecule has 1 aliphatic rings. The standard InChI is InChI=1S/C13H30N4/c1-11(14)4-6-16-8-9-17(13(3)10-16)7-5-12(2)15/h11-13H,4-10,14-15H2,1-3H3. The lowest BCUT2D eigenvalue weighted by atomic mass is 10.1. The molecule has 0 amide bonds. The lowest BCUT2D eigenvalue weighted by Gasteiger charge is -2.40. The second kappa shape index (κ2) is 7.31. The minimum Gasteiger partial charge on any atom is -0.328 e. The molecule has 0 aromatic heterocycles. The van der Waals surface area contributed by atoms with E-state index in [1.807, 2.05) is 0 Å². The summed E-state index contributed by atoms with van der Waals surface area (Å²) in [5.41, 5.74) is 11.6. The van der Waals surface area contributed by atoms with Crippen LogP contribution in [0.4, 0.5) is 0 Å². The van der Waals surface area contributed by atoms with Crippen LogP contribution in [-0.4, -0.2) is 60.6 Å². The molecule has 0 radical (unpaired) electrons. The molecule has 4 nitrogen and oxygen atoms in total. The zero-order chi connectivity index (χ0) is 12.8. The Balaban J connectivity index is 2.24. The molecule has 4 N–H and O–H groups in total. The Morgan fingerprint density at radius 1 is 1.06 bits per heavy atom. The van der Waals surface area contributed by atoms with Gasteiger partial charge >= 0.3 is 0 Å². The molecule has 0 aromatic carbocycles. The largest absolute Gasteiger partial charge is 0.328 e. The number of hydrogen-bond acceptors (Lipinski definition) is 4. The number of piperazine rings is 1. The highest BCUT2D eigenvalue weighted by atomic mass is 15.3. The van der Waals surface area contributed by atoms with Crippen molar-refractivity contribution in [3.05, 3.63) is 0 Å². The highest BCUT2D eigenvalue weighted by molar-refractivity contribution is 4.80. The molecule has 1 fully saturated rings. The fourth-order valence-corrected chi connectivity index (χ4v) is 2.36. The van der Waals surface area contributed by atoms with Gasteiger partial charge in [0, 0.05) is 37.8 Å². The van der Waals surface area contributed by atoms with Crippen molar-refractivity contribution in [3.8, 4) is 0 Å². The first-order valence-electron chi connectivity index (χ1n) is 6.96. The first-order valence-corrected chi connectivity index (χ1v) is 6.96. The van der Waals surface area contributed by atoms with E-state index in [2.05, 4.69) is 30.6 Å². The van der Waals surface area contributed by atoms with Crippen LogP contribution in [0.2, 0.25) is 0 Å². The Morgan fingerprint density at radius 2 is 1.65 bits per heavy atom. The molecule has 1 heterocycles. The Morgan fingerprint density at radius 3 is 2.18 bits per heavy atom. The summed E-state index contributed by atoms with van der Waals surface area (Å²) < 4.78 is 0. The van der Waals surface area contributed by atoms with Gasteiger partial charge in [-0.2, -0.15) is 0 Å². The van der Waals surface area contributed by atoms with Gasteiger partial charge in [-0.1, -0.05) is 0 Å². The van der Waals surface area contributed by atoms with E-state index in [-0.39, 0.29) is 0 Å². The summed E-state index contributed by atoms with van der Waals surface area (Å²) in [4.78, 5) is 5.10. The molecule has 1 saturated heterocycles. The third-order valence-electron chi connectivity index (χ3n) is 3.62. The van der Waals surface area contributed by atoms with Gasteiger partial charge < -0.3 is 16.4 Å². The van der Waals surface area contributed by atoms with Crippen LogP contribution >= 0.6 is 0 Å². The molecule has 3 atom stereocenters. The van der Waals surface area contributed by atoms with E-state index >= 15 is 0 Å². The normalized spacial score (nSPS) is 27.0. The third kappa shape index (κ3) is 5.82. The van der Waals surface area contributed by atoms with Crippen molar-refractivity contribution in [2.75, 3.05) is 32.7 Å². The van der Waals surface area contributed by atoms with E-state index in [4.69, 9.17) is 11.5 Å². The van der Waals surface area contributed by atoms with Gasteiger partial charge in [0.25, 0.3) is 0 Å². The van der Waals surface area contributed by atoms with Crippen molar-refractivity contribution in [2.45, 2.75) is 51.7 Å². The van der Waals surface area contributed by atoms with Crippen LogP contribution in [0.1, 0.15) is 33.6 Å². The van der Waals surface area contributed by atoms with Crippen LogP contribution in [0.25, 0.3) is 0 Å². The maximum Gasteiger partial charge on any atom is 0.0195 e. The summed E-state index contributed by atoms with van der Waals surface area (Å²) >= 11 is 0. The van der Waals surface area contributed by atoms with E-state index in [0.29, 0.717) is 18.1 Å². The lowest BCUT2D eigenvalue weighted by molar-refractivity contribution is 0.0799. The summed E-state index contributed by atoms with van der Waals surface area (Å²) in [7, 11) is 0. The van der Waals surface area contributed by atoms with E-state index in [9.17, 15) is 0 Å². The fraction of sp³-hybridized carbons (Fsp3) is 1.00. The Labute approximate surface area is 106 Å². The predicted octanol–water partition coefficient (Wildman–Crippen LogP) is 0.467. The van der Waals surface area contributed by atoms with Crippen molar-refractivity contribution >= 4 is 0 Å². The molecule has 0 saturated carbocycles. The first kappa shape index (κ1) is 14.9. The Kier molecular flexibility index (Phi) is 6.41. The number of hydrogen-bond donors (Lipinski definition) is 2. The van der Waals surface area contributed by atoms with E-state index in [0.717, 1.165) is 25.9 Å². The summed E-state index contributed by atoms with van der Waals surface area (Å²) in [5.74, 6) is 0. The monoisotopic (exact) mass is 242 g/mol. The number of rotatable bonds is 6. The second-order valence-corrected chi connectivity index (χ2v) is 5.72. The van der Waals surface area contributed by atoms with Gasteiger partial charge in [0.15, 0.2) is 0 Å². The van der Waals surface area contributed by atoms with Crippen molar-refractivity contribution in [2.24, 2.45) is 11.5 Å². The summed E-state index contributed by atoms with van der Waals surface area (Å²) in [6.07, 6.45) is 2.21. The van der Waals surface area contributed by atoms with Crippen LogP contribution in [-0.2, 0) is 0 Å². The number of nitrogens with two attached hydrogens (primary N) is 2. The van der Waals surface area contributed by atoms with E-state index in [1.54, 1.807) is 0 Å². The van der Waals surface area contributed by atoms with Gasteiger partial charge in [0.2, 0.25) is 0 Å². The summed E-state index contributed by atoms with van der Waals surface area (Å²) in [6.45, 7) is 12.3. The summed E-state index contributed by atoms with van der Waals surface area (Å²) in [5, 5.41) is 0. The van der Waals surface area contributed by atoms with Crippen molar-refractivity contribution < 1.29 is 0 Å². The molecule has 0 aromatic rings. The zero-order valence-electron chi connectivity index (χ0n) is 11.7. The predicted molar refractivity (Wildman–Crippen MR) is 74.0 cm³/mol. The summed E-state index contributed by atoms with van der Waals surface area (Å²) in [6, 6.07) is 1.29. The quantitative estimate of drug-likeness (QED) is 0.711. The average molecular weight is 242 g/mol. The molecule has 3 unspecified atom stereocenters. The number of nitrogens with zero attached hydrogens (tertiary/aromatic N) is 2. The SMILES string of the molecule is CC(N)CCN1CCN(CCC(C)N)C(C)C1. The van der Waals surface area contributed by atoms with Crippen LogP contribution in [0, 0.1) is 0 Å². The molecule has 0 aliphatic carbocycles. The fourth-order valence-electron chi connectivity index (χ4n) is 2.36. The van der Waals surface area contributed by atoms with Crippen LogP contribution in [0.15, 0.2) is 0 Å². The molecule has 1 aliphatic heterocycles. The van der Waals surface area contributed by atoms with Crippen LogP contribution in [0.5, 0.6) is 0 Å². The van der Waals surface area contributed by atoms with Gasteiger partial charge in [-0.25, -0.2) is 0 Å². The van der Waals surface area contributed by atoms with Gasteiger partial charge in [0.1, 0.15) is 0 Å². The van der Waals surface area contributed by atoms with Crippen molar-refractivity contribution in [3.63, 3.8) is 0 Å². The van der Waals surface area contributed by atoms with E-state index in [1.165, 1.54) is 19.6 Å². The highest BCUT2D eigenvalue weighted by Gasteiger charge is 2.23. The van der Waals surface area contributed by atoms with Crippen LogP contribution in [0.3, 0.4) is 0 Å². The maximum absolute atomic E-state index is 5.81. The van der Waals surface area contributed by atoms with Gasteiger partial charge in [0.05, 0.1) is 0 Å². The van der Waals surface area contributed by atoms with Crippen LogP contribution < -0.4 is 11.5 Å². The van der Waals surface area contributed by atoms with Gasteiger partial charge in [-0.05, 0) is 46.7 Å². The van der Waals surface area contributed by atoms with Crippen molar-refractivity contribution in [1.82, 2.24) is 9.80 Å². The highest BCUT2D eigenvalue weighted by Crippen LogP contribution is 2.11. The minimum absolute atomic E-state index is 0.318. The topological polar surface area (TPSA) is 58.5 Å². The second-order valence-electron chi connectivity index (χ2n) is 5.72. The molecule has 1 rings (SSSR count). The van der Waals surface area contributed by atoms with Gasteiger partial charge in [-0.15, -0.1) is 0 Å². The van der Waals surface area contributed by atoms with Gasteiger partial charge in [-0.3, -0.25) is 4.90 Å².